The molecule has 0 aromatic carbocycles. The van der Waals surface area contributed by atoms with Crippen LogP contribution >= 0.6 is 11.8 Å². The van der Waals surface area contributed by atoms with Gasteiger partial charge in [-0.3, -0.25) is 14.2 Å². The molecule has 0 saturated heterocycles. The van der Waals surface area contributed by atoms with Gasteiger partial charge < -0.3 is 4.90 Å². The van der Waals surface area contributed by atoms with Crippen LogP contribution in [-0.4, -0.2) is 45.2 Å². The van der Waals surface area contributed by atoms with Gasteiger partial charge in [0.2, 0.25) is 0 Å². The molecule has 1 aliphatic carbocycles. The molecule has 2 aromatic heterocycles. The zero-order valence-corrected chi connectivity index (χ0v) is 15.1. The molecule has 0 N–H and O–H groups in total. The fraction of sp³-hybridized carbons (Fsp3) is 0.529. The zero-order valence-electron chi connectivity index (χ0n) is 14.3. The molecular weight excluding hydrogens is 324 g/mol. The molecular formula is C17H22N4O2S. The normalized spacial score (nSPS) is 15.1. The highest BCUT2D eigenvalue weighted by atomic mass is 32.2. The van der Waals surface area contributed by atoms with Gasteiger partial charge in [-0.1, -0.05) is 24.6 Å². The van der Waals surface area contributed by atoms with Crippen LogP contribution in [0.25, 0.3) is 11.0 Å². The van der Waals surface area contributed by atoms with Crippen LogP contribution < -0.4 is 5.56 Å². The van der Waals surface area contributed by atoms with E-state index in [1.54, 1.807) is 28.8 Å². The quantitative estimate of drug-likeness (QED) is 0.629. The summed E-state index contributed by atoms with van der Waals surface area (Å²) >= 11 is 1.45. The molecule has 0 aliphatic heterocycles. The Morgan fingerprint density at radius 2 is 2.12 bits per heavy atom. The predicted molar refractivity (Wildman–Crippen MR) is 95.7 cm³/mol. The van der Waals surface area contributed by atoms with Crippen LogP contribution in [0.4, 0.5) is 0 Å². The first kappa shape index (κ1) is 17.0. The fourth-order valence-corrected chi connectivity index (χ4v) is 3.54. The van der Waals surface area contributed by atoms with Gasteiger partial charge in [-0.15, -0.1) is 0 Å². The number of thioether (sulfide) groups is 1. The molecule has 0 radical (unpaired) electrons. The lowest BCUT2D eigenvalue weighted by atomic mass is 10.1. The van der Waals surface area contributed by atoms with Gasteiger partial charge in [0.05, 0.1) is 0 Å². The molecule has 0 bridgehead atoms. The first-order valence-corrected chi connectivity index (χ1v) is 9.51. The summed E-state index contributed by atoms with van der Waals surface area (Å²) in [5.74, 6) is -0.245. The van der Waals surface area contributed by atoms with Crippen molar-refractivity contribution in [1.29, 1.82) is 0 Å². The second-order valence-corrected chi connectivity index (χ2v) is 6.90. The van der Waals surface area contributed by atoms with Crippen LogP contribution in [0, 0.1) is 0 Å². The van der Waals surface area contributed by atoms with Gasteiger partial charge in [-0.05, 0) is 32.1 Å². The van der Waals surface area contributed by atoms with E-state index in [2.05, 4.69) is 9.97 Å². The van der Waals surface area contributed by atoms with Gasteiger partial charge in [0.15, 0.2) is 5.16 Å². The van der Waals surface area contributed by atoms with Crippen molar-refractivity contribution in [2.24, 2.45) is 0 Å². The Bertz CT molecular complexity index is 827. The molecule has 1 amide bonds. The van der Waals surface area contributed by atoms with Crippen LogP contribution in [0.1, 0.15) is 49.0 Å². The average Bonchev–Trinajstić information content (AvgIpc) is 3.13. The molecule has 1 saturated carbocycles. The highest BCUT2D eigenvalue weighted by molar-refractivity contribution is 7.98. The van der Waals surface area contributed by atoms with Crippen LogP contribution in [0.15, 0.2) is 22.2 Å². The lowest BCUT2D eigenvalue weighted by molar-refractivity contribution is 0.0800. The van der Waals surface area contributed by atoms with E-state index in [0.717, 1.165) is 31.1 Å². The molecule has 2 aromatic rings. The summed E-state index contributed by atoms with van der Waals surface area (Å²) in [6, 6.07) is 1.76. The Balaban J connectivity index is 2.27. The van der Waals surface area contributed by atoms with E-state index in [4.69, 9.17) is 0 Å². The second-order valence-electron chi connectivity index (χ2n) is 6.13. The summed E-state index contributed by atoms with van der Waals surface area (Å²) in [4.78, 5) is 36.1. The number of aromatic nitrogens is 3. The van der Waals surface area contributed by atoms with Gasteiger partial charge >= 0.3 is 0 Å². The van der Waals surface area contributed by atoms with Crippen molar-refractivity contribution in [3.05, 3.63) is 28.2 Å². The third-order valence-corrected chi connectivity index (χ3v) is 5.24. The largest absolute Gasteiger partial charge is 0.342 e. The summed E-state index contributed by atoms with van der Waals surface area (Å²) in [5, 5.41) is 1.38. The number of carbonyl (C=O) groups excluding carboxylic acids is 1. The Morgan fingerprint density at radius 3 is 2.75 bits per heavy atom. The minimum atomic E-state index is -0.245. The first-order chi connectivity index (χ1) is 11.6. The molecule has 0 unspecified atom stereocenters. The fourth-order valence-electron chi connectivity index (χ4n) is 3.21. The highest BCUT2D eigenvalue weighted by Gasteiger charge is 2.25. The topological polar surface area (TPSA) is 68.1 Å². The molecule has 1 aliphatic rings. The van der Waals surface area contributed by atoms with Crippen molar-refractivity contribution >= 4 is 28.7 Å². The maximum atomic E-state index is 13.1. The number of pyridine rings is 1. The number of nitrogens with zero attached hydrogens (tertiary/aromatic N) is 4. The third-order valence-electron chi connectivity index (χ3n) is 4.67. The molecule has 7 heteroatoms. The summed E-state index contributed by atoms with van der Waals surface area (Å²) < 4.78 is 1.74. The van der Waals surface area contributed by atoms with Crippen molar-refractivity contribution < 1.29 is 4.79 Å². The van der Waals surface area contributed by atoms with Crippen molar-refractivity contribution in [2.75, 3.05) is 19.8 Å². The van der Waals surface area contributed by atoms with Gasteiger partial charge in [0.1, 0.15) is 11.2 Å². The first-order valence-electron chi connectivity index (χ1n) is 8.28. The van der Waals surface area contributed by atoms with E-state index in [1.165, 1.54) is 11.8 Å². The van der Waals surface area contributed by atoms with E-state index < -0.39 is 0 Å². The summed E-state index contributed by atoms with van der Waals surface area (Å²) in [6.45, 7) is 2.45. The van der Waals surface area contributed by atoms with E-state index in [-0.39, 0.29) is 23.1 Å². The van der Waals surface area contributed by atoms with Crippen LogP contribution in [0.2, 0.25) is 0 Å². The molecule has 3 rings (SSSR count). The minimum absolute atomic E-state index is 0.115. The van der Waals surface area contributed by atoms with E-state index in [9.17, 15) is 9.59 Å². The lowest BCUT2D eigenvalue weighted by Crippen LogP contribution is -2.35. The highest BCUT2D eigenvalue weighted by Crippen LogP contribution is 2.31. The number of hydrogen-bond donors (Lipinski definition) is 0. The Hall–Kier alpha value is -1.89. The molecule has 1 fully saturated rings. The van der Waals surface area contributed by atoms with Crippen LogP contribution in [0.3, 0.4) is 0 Å². The maximum Gasteiger partial charge on any atom is 0.265 e. The Kier molecular flexibility index (Phi) is 4.89. The third kappa shape index (κ3) is 2.92. The van der Waals surface area contributed by atoms with Gasteiger partial charge in [0.25, 0.3) is 11.5 Å². The van der Waals surface area contributed by atoms with E-state index in [0.29, 0.717) is 17.3 Å². The van der Waals surface area contributed by atoms with Crippen molar-refractivity contribution in [3.63, 3.8) is 0 Å². The SMILES string of the molecule is CCN(C)C(=O)c1cc2cnc(SC)nc2n(C2CCCC2)c1=O. The van der Waals surface area contributed by atoms with E-state index >= 15 is 0 Å². The van der Waals surface area contributed by atoms with Crippen molar-refractivity contribution in [2.45, 2.75) is 43.8 Å². The van der Waals surface area contributed by atoms with E-state index in [1.807, 2.05) is 13.2 Å². The van der Waals surface area contributed by atoms with Gasteiger partial charge in [-0.25, -0.2) is 9.97 Å². The minimum Gasteiger partial charge on any atom is -0.342 e. The Morgan fingerprint density at radius 1 is 1.42 bits per heavy atom. The molecule has 2 heterocycles. The number of carbonyl (C=O) groups is 1. The zero-order chi connectivity index (χ0) is 17.3. The van der Waals surface area contributed by atoms with Crippen LogP contribution in [0.5, 0.6) is 0 Å². The maximum absolute atomic E-state index is 13.1. The monoisotopic (exact) mass is 346 g/mol. The average molecular weight is 346 g/mol. The molecule has 0 spiro atoms. The number of fused-ring (bicyclic) bond motifs is 1. The molecule has 24 heavy (non-hydrogen) atoms. The Labute approximate surface area is 145 Å². The van der Waals surface area contributed by atoms with Gasteiger partial charge in [0, 0.05) is 31.2 Å². The number of amides is 1. The van der Waals surface area contributed by atoms with Crippen LogP contribution in [-0.2, 0) is 0 Å². The summed E-state index contributed by atoms with van der Waals surface area (Å²) in [6.07, 6.45) is 7.73. The predicted octanol–water partition coefficient (Wildman–Crippen LogP) is 2.72. The standard InChI is InChI=1S/C17H22N4O2S/c1-4-20(2)15(22)13-9-11-10-18-17(24-3)19-14(11)21(16(13)23)12-7-5-6-8-12/h9-10,12H,4-8H2,1-3H3. The molecule has 0 atom stereocenters. The van der Waals surface area contributed by atoms with Crippen molar-refractivity contribution in [3.8, 4) is 0 Å². The van der Waals surface area contributed by atoms with Crippen molar-refractivity contribution in [1.82, 2.24) is 19.4 Å². The molecule has 128 valence electrons. The van der Waals surface area contributed by atoms with Gasteiger partial charge in [-0.2, -0.15) is 0 Å². The summed E-state index contributed by atoms with van der Waals surface area (Å²) in [5.41, 5.74) is 0.617. The second kappa shape index (κ2) is 6.93. The summed E-state index contributed by atoms with van der Waals surface area (Å²) in [7, 11) is 1.71. The lowest BCUT2D eigenvalue weighted by Gasteiger charge is -2.20. The smallest absolute Gasteiger partial charge is 0.265 e. The number of rotatable bonds is 4. The molecule has 6 nitrogen and oxygen atoms in total. The number of hydrogen-bond acceptors (Lipinski definition) is 5.